The quantitative estimate of drug-likeness (QED) is 0.634. The van der Waals surface area contributed by atoms with E-state index in [1.165, 1.54) is 11.3 Å². The molecule has 146 valence electrons. The molecule has 2 N–H and O–H groups in total. The van der Waals surface area contributed by atoms with E-state index in [0.29, 0.717) is 38.5 Å². The van der Waals surface area contributed by atoms with Crippen LogP contribution < -0.4 is 10.9 Å². The highest BCUT2D eigenvalue weighted by molar-refractivity contribution is 7.20. The van der Waals surface area contributed by atoms with Gasteiger partial charge in [-0.1, -0.05) is 25.5 Å². The second-order valence-electron chi connectivity index (χ2n) is 6.55. The minimum absolute atomic E-state index is 0.0698. The van der Waals surface area contributed by atoms with E-state index in [4.69, 9.17) is 5.11 Å². The van der Waals surface area contributed by atoms with Crippen LogP contribution in [0.2, 0.25) is 0 Å². The number of nitrogens with zero attached hydrogens (tertiary/aromatic N) is 2. The average Bonchev–Trinajstić information content (AvgIpc) is 3.00. The Morgan fingerprint density at radius 1 is 1.25 bits per heavy atom. The van der Waals surface area contributed by atoms with Crippen LogP contribution in [0.3, 0.4) is 0 Å². The Kier molecular flexibility index (Phi) is 5.89. The van der Waals surface area contributed by atoms with Crippen molar-refractivity contribution >= 4 is 39.1 Å². The van der Waals surface area contributed by atoms with Gasteiger partial charge in [-0.25, -0.2) is 4.98 Å². The number of nitrogens with one attached hydrogen (secondary N) is 1. The zero-order valence-electron chi connectivity index (χ0n) is 15.7. The van der Waals surface area contributed by atoms with Crippen molar-refractivity contribution in [2.45, 2.75) is 39.7 Å². The average molecular weight is 399 g/mol. The van der Waals surface area contributed by atoms with E-state index in [1.54, 1.807) is 42.1 Å². The van der Waals surface area contributed by atoms with E-state index in [2.05, 4.69) is 17.2 Å². The summed E-state index contributed by atoms with van der Waals surface area (Å²) >= 11 is 1.20. The molecule has 0 saturated carbocycles. The van der Waals surface area contributed by atoms with Crippen molar-refractivity contribution in [2.24, 2.45) is 0 Å². The molecule has 1 amide bonds. The van der Waals surface area contributed by atoms with Gasteiger partial charge in [0.2, 0.25) is 0 Å². The third-order valence-electron chi connectivity index (χ3n) is 4.44. The number of unbranched alkanes of at least 4 members (excludes halogenated alkanes) is 1. The third kappa shape index (κ3) is 4.12. The molecule has 0 bridgehead atoms. The Morgan fingerprint density at radius 3 is 2.61 bits per heavy atom. The van der Waals surface area contributed by atoms with Crippen LogP contribution in [0.25, 0.3) is 10.2 Å². The first kappa shape index (κ1) is 19.8. The molecule has 3 aromatic rings. The largest absolute Gasteiger partial charge is 0.481 e. The summed E-state index contributed by atoms with van der Waals surface area (Å²) in [6, 6.07) is 6.65. The van der Waals surface area contributed by atoms with Crippen molar-refractivity contribution in [1.82, 2.24) is 9.55 Å². The van der Waals surface area contributed by atoms with Gasteiger partial charge < -0.3 is 10.4 Å². The molecule has 0 saturated heterocycles. The van der Waals surface area contributed by atoms with Gasteiger partial charge in [0.25, 0.3) is 11.5 Å². The first-order valence-electron chi connectivity index (χ1n) is 9.01. The summed E-state index contributed by atoms with van der Waals surface area (Å²) < 4.78 is 1.59. The molecule has 2 heterocycles. The number of hydrogen-bond donors (Lipinski definition) is 2. The zero-order valence-corrected chi connectivity index (χ0v) is 16.5. The van der Waals surface area contributed by atoms with Crippen LogP contribution in [0.1, 0.15) is 40.6 Å². The molecule has 0 aliphatic carbocycles. The Balaban J connectivity index is 1.85. The number of hydrogen-bond acceptors (Lipinski definition) is 5. The van der Waals surface area contributed by atoms with E-state index < -0.39 is 5.97 Å². The number of carboxylic acid groups (broad SMARTS) is 1. The van der Waals surface area contributed by atoms with Gasteiger partial charge in [-0.2, -0.15) is 0 Å². The van der Waals surface area contributed by atoms with Gasteiger partial charge in [0.1, 0.15) is 4.83 Å². The second-order valence-corrected chi connectivity index (χ2v) is 7.55. The number of thiophene rings is 1. The minimum atomic E-state index is -0.908. The number of rotatable bonds is 7. The fourth-order valence-corrected chi connectivity index (χ4v) is 3.97. The summed E-state index contributed by atoms with van der Waals surface area (Å²) in [7, 11) is 0. The summed E-state index contributed by atoms with van der Waals surface area (Å²) in [5.74, 6) is -1.22. The Bertz CT molecular complexity index is 1080. The van der Waals surface area contributed by atoms with Crippen molar-refractivity contribution < 1.29 is 14.7 Å². The SMILES string of the molecule is CCCCn1cnc2sc(C(=O)Nc3ccc(CC(=O)O)cc3)c(C)c2c1=O. The highest BCUT2D eigenvalue weighted by Gasteiger charge is 2.19. The molecule has 8 heteroatoms. The van der Waals surface area contributed by atoms with Crippen LogP contribution in [0, 0.1) is 6.92 Å². The van der Waals surface area contributed by atoms with Gasteiger partial charge in [0.15, 0.2) is 0 Å². The standard InChI is InChI=1S/C20H21N3O4S/c1-3-4-9-23-11-21-19-16(20(23)27)12(2)17(28-19)18(26)22-14-7-5-13(6-8-14)10-15(24)25/h5-8,11H,3-4,9-10H2,1-2H3,(H,22,26)(H,24,25). The summed E-state index contributed by atoms with van der Waals surface area (Å²) in [6.45, 7) is 4.43. The molecule has 3 rings (SSSR count). The Hall–Kier alpha value is -3.00. The molecule has 0 unspecified atom stereocenters. The van der Waals surface area contributed by atoms with E-state index in [9.17, 15) is 14.4 Å². The maximum absolute atomic E-state index is 12.7. The normalized spacial score (nSPS) is 10.9. The first-order chi connectivity index (χ1) is 13.4. The smallest absolute Gasteiger partial charge is 0.307 e. The molecule has 0 aliphatic rings. The lowest BCUT2D eigenvalue weighted by molar-refractivity contribution is -0.136. The molecule has 0 atom stereocenters. The molecule has 7 nitrogen and oxygen atoms in total. The number of fused-ring (bicyclic) bond motifs is 1. The van der Waals surface area contributed by atoms with E-state index >= 15 is 0 Å². The lowest BCUT2D eigenvalue weighted by Crippen LogP contribution is -2.20. The summed E-state index contributed by atoms with van der Waals surface area (Å²) in [6.07, 6.45) is 3.34. The van der Waals surface area contributed by atoms with Crippen LogP contribution in [-0.4, -0.2) is 26.5 Å². The highest BCUT2D eigenvalue weighted by Crippen LogP contribution is 2.27. The van der Waals surface area contributed by atoms with Crippen LogP contribution in [0.15, 0.2) is 35.4 Å². The molecule has 0 fully saturated rings. The zero-order chi connectivity index (χ0) is 20.3. The van der Waals surface area contributed by atoms with Crippen molar-refractivity contribution in [1.29, 1.82) is 0 Å². The number of carboxylic acids is 1. The molecule has 2 aromatic heterocycles. The van der Waals surface area contributed by atoms with E-state index in [0.717, 1.165) is 12.8 Å². The van der Waals surface area contributed by atoms with Gasteiger partial charge in [-0.3, -0.25) is 19.0 Å². The van der Waals surface area contributed by atoms with Crippen molar-refractivity contribution in [2.75, 3.05) is 5.32 Å². The number of carbonyl (C=O) groups excluding carboxylic acids is 1. The number of amides is 1. The summed E-state index contributed by atoms with van der Waals surface area (Å²) in [5.41, 5.74) is 1.72. The van der Waals surface area contributed by atoms with Gasteiger partial charge in [-0.05, 0) is 36.6 Å². The Morgan fingerprint density at radius 2 is 1.96 bits per heavy atom. The molecular formula is C20H21N3O4S. The van der Waals surface area contributed by atoms with Crippen LogP contribution >= 0.6 is 11.3 Å². The number of anilines is 1. The maximum Gasteiger partial charge on any atom is 0.307 e. The monoisotopic (exact) mass is 399 g/mol. The fourth-order valence-electron chi connectivity index (χ4n) is 2.93. The lowest BCUT2D eigenvalue weighted by Gasteiger charge is -2.05. The van der Waals surface area contributed by atoms with E-state index in [-0.39, 0.29) is 17.9 Å². The number of aliphatic carboxylic acids is 1. The topological polar surface area (TPSA) is 101 Å². The molecular weight excluding hydrogens is 378 g/mol. The van der Waals surface area contributed by atoms with Crippen LogP contribution in [-0.2, 0) is 17.8 Å². The van der Waals surface area contributed by atoms with Gasteiger partial charge >= 0.3 is 5.97 Å². The summed E-state index contributed by atoms with van der Waals surface area (Å²) in [5, 5.41) is 12.1. The Labute approximate surface area is 165 Å². The van der Waals surface area contributed by atoms with Gasteiger partial charge in [0.05, 0.1) is 23.0 Å². The number of carbonyl (C=O) groups is 2. The van der Waals surface area contributed by atoms with Crippen molar-refractivity contribution in [3.05, 3.63) is 57.0 Å². The van der Waals surface area contributed by atoms with Gasteiger partial charge in [0, 0.05) is 12.2 Å². The van der Waals surface area contributed by atoms with E-state index in [1.807, 2.05) is 0 Å². The summed E-state index contributed by atoms with van der Waals surface area (Å²) in [4.78, 5) is 41.5. The molecule has 0 aliphatic heterocycles. The van der Waals surface area contributed by atoms with Gasteiger partial charge in [-0.15, -0.1) is 11.3 Å². The first-order valence-corrected chi connectivity index (χ1v) is 9.83. The van der Waals surface area contributed by atoms with Crippen LogP contribution in [0.4, 0.5) is 5.69 Å². The maximum atomic E-state index is 12.7. The third-order valence-corrected chi connectivity index (χ3v) is 5.64. The number of aryl methyl sites for hydroxylation is 2. The van der Waals surface area contributed by atoms with Crippen molar-refractivity contribution in [3.8, 4) is 0 Å². The van der Waals surface area contributed by atoms with Crippen LogP contribution in [0.5, 0.6) is 0 Å². The lowest BCUT2D eigenvalue weighted by atomic mass is 10.1. The predicted octanol–water partition coefficient (Wildman–Crippen LogP) is 3.45. The fraction of sp³-hybridized carbons (Fsp3) is 0.300. The second kappa shape index (κ2) is 8.35. The minimum Gasteiger partial charge on any atom is -0.481 e. The molecule has 28 heavy (non-hydrogen) atoms. The van der Waals surface area contributed by atoms with Crippen molar-refractivity contribution in [3.63, 3.8) is 0 Å². The predicted molar refractivity (Wildman–Crippen MR) is 109 cm³/mol. The molecule has 0 spiro atoms. The highest BCUT2D eigenvalue weighted by atomic mass is 32.1. The number of aromatic nitrogens is 2. The number of benzene rings is 1. The molecule has 1 aromatic carbocycles. The molecule has 0 radical (unpaired) electrons.